The molecule has 0 spiro atoms. The highest BCUT2D eigenvalue weighted by molar-refractivity contribution is 5.79. The minimum Gasteiger partial charge on any atom is -0.324 e. The minimum atomic E-state index is -0.0280. The molecule has 0 fully saturated rings. The van der Waals surface area contributed by atoms with E-state index >= 15 is 0 Å². The van der Waals surface area contributed by atoms with Crippen molar-refractivity contribution in [2.75, 3.05) is 0 Å². The Kier molecular flexibility index (Phi) is 2.34. The van der Waals surface area contributed by atoms with Crippen LogP contribution in [0, 0.1) is 0 Å². The van der Waals surface area contributed by atoms with Gasteiger partial charge in [0.15, 0.2) is 0 Å². The third kappa shape index (κ3) is 1.43. The Morgan fingerprint density at radius 2 is 1.41 bits per heavy atom. The summed E-state index contributed by atoms with van der Waals surface area (Å²) in [4.78, 5) is 0. The Bertz CT molecular complexity index is 526. The molecule has 0 bridgehead atoms. The summed E-state index contributed by atoms with van der Waals surface area (Å²) in [6, 6.07) is 17.0. The summed E-state index contributed by atoms with van der Waals surface area (Å²) in [7, 11) is 0. The molecule has 84 valence electrons. The van der Waals surface area contributed by atoms with Gasteiger partial charge in [0, 0.05) is 12.0 Å². The van der Waals surface area contributed by atoms with E-state index in [-0.39, 0.29) is 12.0 Å². The van der Waals surface area contributed by atoms with Crippen molar-refractivity contribution in [2.45, 2.75) is 12.0 Å². The number of benzene rings is 2. The Labute approximate surface area is 102 Å². The molecule has 0 saturated carbocycles. The van der Waals surface area contributed by atoms with Crippen LogP contribution in [0.3, 0.4) is 0 Å². The molecule has 2 aromatic carbocycles. The lowest BCUT2D eigenvalue weighted by molar-refractivity contribution is 0.716. The van der Waals surface area contributed by atoms with Gasteiger partial charge in [-0.05, 0) is 22.3 Å². The molecule has 0 amide bonds. The first kappa shape index (κ1) is 10.3. The summed E-state index contributed by atoms with van der Waals surface area (Å²) in [6.07, 6.45) is 1.84. The Morgan fingerprint density at radius 1 is 0.941 bits per heavy atom. The SMILES string of the molecule is C=CC(N)C1c2ccccc2-c2ccccc21. The monoisotopic (exact) mass is 221 g/mol. The predicted octanol–water partition coefficient (Wildman–Crippen LogP) is 3.31. The molecule has 0 radical (unpaired) electrons. The van der Waals surface area contributed by atoms with Crippen LogP contribution in [0.25, 0.3) is 11.1 Å². The molecule has 1 atom stereocenters. The average molecular weight is 221 g/mol. The van der Waals surface area contributed by atoms with Crippen LogP contribution < -0.4 is 5.73 Å². The maximum absolute atomic E-state index is 6.19. The molecular weight excluding hydrogens is 206 g/mol. The Hall–Kier alpha value is -1.86. The highest BCUT2D eigenvalue weighted by atomic mass is 14.6. The van der Waals surface area contributed by atoms with Gasteiger partial charge >= 0.3 is 0 Å². The largest absolute Gasteiger partial charge is 0.324 e. The first-order valence-corrected chi connectivity index (χ1v) is 5.89. The van der Waals surface area contributed by atoms with Crippen molar-refractivity contribution in [1.82, 2.24) is 0 Å². The molecule has 1 aliphatic carbocycles. The topological polar surface area (TPSA) is 26.0 Å². The molecule has 1 unspecified atom stereocenters. The quantitative estimate of drug-likeness (QED) is 0.773. The molecule has 0 aliphatic heterocycles. The second-order valence-corrected chi connectivity index (χ2v) is 4.47. The lowest BCUT2D eigenvalue weighted by Crippen LogP contribution is -2.25. The molecule has 2 N–H and O–H groups in total. The van der Waals surface area contributed by atoms with E-state index in [4.69, 9.17) is 5.73 Å². The summed E-state index contributed by atoms with van der Waals surface area (Å²) in [5.41, 5.74) is 11.5. The van der Waals surface area contributed by atoms with Gasteiger partial charge in [-0.3, -0.25) is 0 Å². The van der Waals surface area contributed by atoms with Gasteiger partial charge in [-0.1, -0.05) is 54.6 Å². The molecule has 0 saturated heterocycles. The van der Waals surface area contributed by atoms with Crippen LogP contribution in [0.1, 0.15) is 17.0 Å². The summed E-state index contributed by atoms with van der Waals surface area (Å²) in [5, 5.41) is 0. The fourth-order valence-electron chi connectivity index (χ4n) is 2.75. The number of nitrogens with two attached hydrogens (primary N) is 1. The lowest BCUT2D eigenvalue weighted by Gasteiger charge is -2.18. The van der Waals surface area contributed by atoms with E-state index in [9.17, 15) is 0 Å². The van der Waals surface area contributed by atoms with Gasteiger partial charge in [-0.25, -0.2) is 0 Å². The lowest BCUT2D eigenvalue weighted by atomic mass is 9.90. The predicted molar refractivity (Wildman–Crippen MR) is 71.9 cm³/mol. The molecule has 1 aliphatic rings. The molecule has 17 heavy (non-hydrogen) atoms. The van der Waals surface area contributed by atoms with Gasteiger partial charge in [0.2, 0.25) is 0 Å². The standard InChI is InChI=1S/C16H15N/c1-2-15(17)16-13-9-5-3-7-11(13)12-8-4-6-10-14(12)16/h2-10,15-16H,1,17H2. The van der Waals surface area contributed by atoms with Gasteiger partial charge in [0.25, 0.3) is 0 Å². The first-order valence-electron chi connectivity index (χ1n) is 5.89. The number of hydrogen-bond acceptors (Lipinski definition) is 1. The van der Waals surface area contributed by atoms with E-state index in [1.54, 1.807) is 0 Å². The van der Waals surface area contributed by atoms with Crippen LogP contribution in [0.5, 0.6) is 0 Å². The van der Waals surface area contributed by atoms with Crippen molar-refractivity contribution in [3.05, 3.63) is 72.3 Å². The molecule has 0 heterocycles. The van der Waals surface area contributed by atoms with Gasteiger partial charge < -0.3 is 5.73 Å². The van der Waals surface area contributed by atoms with E-state index in [1.807, 2.05) is 6.08 Å². The van der Waals surface area contributed by atoms with Gasteiger partial charge in [0.1, 0.15) is 0 Å². The van der Waals surface area contributed by atoms with Crippen molar-refractivity contribution in [2.24, 2.45) is 5.73 Å². The van der Waals surface area contributed by atoms with Crippen LogP contribution in [0.4, 0.5) is 0 Å². The van der Waals surface area contributed by atoms with Crippen molar-refractivity contribution < 1.29 is 0 Å². The van der Waals surface area contributed by atoms with Crippen molar-refractivity contribution >= 4 is 0 Å². The molecule has 2 aromatic rings. The number of fused-ring (bicyclic) bond motifs is 3. The highest BCUT2D eigenvalue weighted by Crippen LogP contribution is 2.45. The first-order chi connectivity index (χ1) is 8.33. The second kappa shape index (κ2) is 3.86. The van der Waals surface area contributed by atoms with Crippen LogP contribution in [0.15, 0.2) is 61.2 Å². The van der Waals surface area contributed by atoms with Gasteiger partial charge in [-0.2, -0.15) is 0 Å². The fraction of sp³-hybridized carbons (Fsp3) is 0.125. The Balaban J connectivity index is 2.27. The van der Waals surface area contributed by atoms with Gasteiger partial charge in [0.05, 0.1) is 0 Å². The summed E-state index contributed by atoms with van der Waals surface area (Å²) >= 11 is 0. The van der Waals surface area contributed by atoms with Crippen LogP contribution in [-0.4, -0.2) is 6.04 Å². The second-order valence-electron chi connectivity index (χ2n) is 4.47. The summed E-state index contributed by atoms with van der Waals surface area (Å²) in [5.74, 6) is 0.250. The highest BCUT2D eigenvalue weighted by Gasteiger charge is 2.30. The third-order valence-electron chi connectivity index (χ3n) is 3.54. The van der Waals surface area contributed by atoms with Crippen molar-refractivity contribution in [3.8, 4) is 11.1 Å². The number of hydrogen-bond donors (Lipinski definition) is 1. The molecular formula is C16H15N. The smallest absolute Gasteiger partial charge is 0.0332 e. The normalized spacial score (nSPS) is 15.1. The maximum Gasteiger partial charge on any atom is 0.0332 e. The van der Waals surface area contributed by atoms with Crippen LogP contribution in [0.2, 0.25) is 0 Å². The van der Waals surface area contributed by atoms with E-state index < -0.39 is 0 Å². The molecule has 3 rings (SSSR count). The fourth-order valence-corrected chi connectivity index (χ4v) is 2.75. The van der Waals surface area contributed by atoms with Crippen molar-refractivity contribution in [1.29, 1.82) is 0 Å². The average Bonchev–Trinajstić information content (AvgIpc) is 2.72. The van der Waals surface area contributed by atoms with E-state index in [0.717, 1.165) is 0 Å². The summed E-state index contributed by atoms with van der Waals surface area (Å²) in [6.45, 7) is 3.83. The number of rotatable bonds is 2. The Morgan fingerprint density at radius 3 is 1.88 bits per heavy atom. The van der Waals surface area contributed by atoms with E-state index in [2.05, 4.69) is 55.1 Å². The molecule has 0 aromatic heterocycles. The van der Waals surface area contributed by atoms with E-state index in [0.29, 0.717) is 0 Å². The van der Waals surface area contributed by atoms with Crippen molar-refractivity contribution in [3.63, 3.8) is 0 Å². The van der Waals surface area contributed by atoms with Crippen LogP contribution >= 0.6 is 0 Å². The maximum atomic E-state index is 6.19. The zero-order chi connectivity index (χ0) is 11.8. The minimum absolute atomic E-state index is 0.0280. The zero-order valence-electron chi connectivity index (χ0n) is 9.64. The van der Waals surface area contributed by atoms with Crippen LogP contribution in [-0.2, 0) is 0 Å². The van der Waals surface area contributed by atoms with E-state index in [1.165, 1.54) is 22.3 Å². The zero-order valence-corrected chi connectivity index (χ0v) is 9.64. The molecule has 1 nitrogen and oxygen atoms in total. The van der Waals surface area contributed by atoms with Gasteiger partial charge in [-0.15, -0.1) is 6.58 Å². The summed E-state index contributed by atoms with van der Waals surface area (Å²) < 4.78 is 0. The third-order valence-corrected chi connectivity index (χ3v) is 3.54. The molecule has 1 heteroatoms.